The summed E-state index contributed by atoms with van der Waals surface area (Å²) in [4.78, 5) is 51.9. The highest BCUT2D eigenvalue weighted by Crippen LogP contribution is 2.21. The van der Waals surface area contributed by atoms with E-state index in [1.165, 1.54) is 0 Å². The Bertz CT molecular complexity index is 1760. The normalized spacial score (nSPS) is 12.7. The van der Waals surface area contributed by atoms with Crippen LogP contribution in [0.2, 0.25) is 0 Å². The van der Waals surface area contributed by atoms with Crippen molar-refractivity contribution in [3.63, 3.8) is 0 Å². The average Bonchev–Trinajstić information content (AvgIpc) is 3.18. The van der Waals surface area contributed by atoms with Gasteiger partial charge in [-0.15, -0.1) is 0 Å². The van der Waals surface area contributed by atoms with Crippen molar-refractivity contribution in [2.24, 2.45) is 22.9 Å². The van der Waals surface area contributed by atoms with E-state index >= 15 is 0 Å². The number of nitrogens with one attached hydrogen (secondary N) is 5. The van der Waals surface area contributed by atoms with Gasteiger partial charge in [0.05, 0.1) is 6.04 Å². The summed E-state index contributed by atoms with van der Waals surface area (Å²) in [6.45, 7) is 1.11. The molecular formula is C41H53N9O4. The van der Waals surface area contributed by atoms with E-state index in [9.17, 15) is 19.2 Å². The van der Waals surface area contributed by atoms with Crippen LogP contribution in [0.1, 0.15) is 36.8 Å². The molecule has 0 bridgehead atoms. The van der Waals surface area contributed by atoms with E-state index in [1.54, 1.807) is 0 Å². The molecule has 54 heavy (non-hydrogen) atoms. The summed E-state index contributed by atoms with van der Waals surface area (Å²) in [7, 11) is 0. The van der Waals surface area contributed by atoms with Gasteiger partial charge in [-0.05, 0) is 72.0 Å². The molecule has 13 N–H and O–H groups in total. The van der Waals surface area contributed by atoms with Crippen molar-refractivity contribution in [2.75, 3.05) is 19.6 Å². The van der Waals surface area contributed by atoms with Gasteiger partial charge in [-0.1, -0.05) is 109 Å². The molecule has 286 valence electrons. The predicted octanol–water partition coefficient (Wildman–Crippen LogP) is 2.24. The monoisotopic (exact) mass is 735 g/mol. The van der Waals surface area contributed by atoms with Crippen LogP contribution in [0.5, 0.6) is 0 Å². The van der Waals surface area contributed by atoms with Crippen LogP contribution in [-0.2, 0) is 27.2 Å². The number of rotatable bonds is 21. The smallest absolute Gasteiger partial charge is 0.312 e. The van der Waals surface area contributed by atoms with Crippen LogP contribution in [0.3, 0.4) is 0 Å². The number of unbranched alkanes of at least 4 members (excludes halogenated alkanes) is 1. The first-order valence-electron chi connectivity index (χ1n) is 18.3. The minimum Gasteiger partial charge on any atom is -0.354 e. The largest absolute Gasteiger partial charge is 0.354 e. The van der Waals surface area contributed by atoms with Crippen LogP contribution in [0, 0.1) is 0 Å². The van der Waals surface area contributed by atoms with E-state index in [1.807, 2.05) is 109 Å². The zero-order chi connectivity index (χ0) is 38.7. The number of hydrogen-bond donors (Lipinski definition) is 9. The van der Waals surface area contributed by atoms with E-state index < -0.39 is 42.3 Å². The van der Waals surface area contributed by atoms with Gasteiger partial charge < -0.3 is 44.2 Å². The summed E-state index contributed by atoms with van der Waals surface area (Å²) in [5, 5.41) is 14.1. The lowest BCUT2D eigenvalue weighted by molar-refractivity contribution is -0.132. The SMILES string of the molecule is NC(=O)NCCCCNC(=O)[C@H](Cc1ccc(-c2ccccc2)cc1)NC(=O)[C@H](CCCNC(N)N)NC(=O)[C@@H](N)Cc1ccc(-c2ccccc2)cc1. The summed E-state index contributed by atoms with van der Waals surface area (Å²) in [5.74, 6) is -1.39. The van der Waals surface area contributed by atoms with Gasteiger partial charge >= 0.3 is 6.03 Å². The Morgan fingerprint density at radius 2 is 0.981 bits per heavy atom. The molecule has 0 heterocycles. The number of nitrogens with two attached hydrogens (primary N) is 4. The zero-order valence-electron chi connectivity index (χ0n) is 30.5. The number of carbonyl (C=O) groups is 4. The van der Waals surface area contributed by atoms with E-state index in [2.05, 4.69) is 26.6 Å². The lowest BCUT2D eigenvalue weighted by Crippen LogP contribution is -2.56. The van der Waals surface area contributed by atoms with Crippen LogP contribution in [0.15, 0.2) is 109 Å². The van der Waals surface area contributed by atoms with E-state index in [0.717, 1.165) is 33.4 Å². The fraction of sp³-hybridized carbons (Fsp3) is 0.317. The number of urea groups is 1. The van der Waals surface area contributed by atoms with Crippen LogP contribution in [0.4, 0.5) is 4.79 Å². The minimum absolute atomic E-state index is 0.207. The van der Waals surface area contributed by atoms with Crippen molar-refractivity contribution in [3.05, 3.63) is 120 Å². The Balaban J connectivity index is 1.44. The highest BCUT2D eigenvalue weighted by Gasteiger charge is 2.28. The Kier molecular flexibility index (Phi) is 16.6. The molecule has 0 unspecified atom stereocenters. The maximum absolute atomic E-state index is 13.9. The third-order valence-electron chi connectivity index (χ3n) is 8.87. The van der Waals surface area contributed by atoms with Gasteiger partial charge in [-0.2, -0.15) is 0 Å². The number of amides is 5. The van der Waals surface area contributed by atoms with Gasteiger partial charge in [0.1, 0.15) is 18.4 Å². The maximum Gasteiger partial charge on any atom is 0.312 e. The molecule has 0 aliphatic carbocycles. The highest BCUT2D eigenvalue weighted by atomic mass is 16.2. The molecule has 4 aromatic rings. The first-order chi connectivity index (χ1) is 26.1. The van der Waals surface area contributed by atoms with E-state index in [-0.39, 0.29) is 25.2 Å². The van der Waals surface area contributed by atoms with Gasteiger partial charge in [-0.25, -0.2) is 4.79 Å². The number of hydrogen-bond acceptors (Lipinski definition) is 8. The summed E-state index contributed by atoms with van der Waals surface area (Å²) in [5.41, 5.74) is 28.7. The summed E-state index contributed by atoms with van der Waals surface area (Å²) in [6, 6.07) is 32.1. The molecule has 0 saturated heterocycles. The van der Waals surface area contributed by atoms with Crippen LogP contribution >= 0.6 is 0 Å². The molecule has 3 atom stereocenters. The number of benzene rings is 4. The van der Waals surface area contributed by atoms with Gasteiger partial charge in [-0.3, -0.25) is 19.7 Å². The molecule has 0 saturated carbocycles. The molecule has 0 radical (unpaired) electrons. The van der Waals surface area contributed by atoms with Crippen molar-refractivity contribution in [3.8, 4) is 22.3 Å². The quantitative estimate of drug-likeness (QED) is 0.0454. The van der Waals surface area contributed by atoms with Crippen molar-refractivity contribution in [1.29, 1.82) is 0 Å². The van der Waals surface area contributed by atoms with Crippen molar-refractivity contribution in [1.82, 2.24) is 26.6 Å². The first-order valence-corrected chi connectivity index (χ1v) is 18.3. The Morgan fingerprint density at radius 1 is 0.500 bits per heavy atom. The fourth-order valence-electron chi connectivity index (χ4n) is 5.91. The number of carbonyl (C=O) groups excluding carboxylic acids is 4. The summed E-state index contributed by atoms with van der Waals surface area (Å²) < 4.78 is 0. The lowest BCUT2D eigenvalue weighted by atomic mass is 9.99. The average molecular weight is 736 g/mol. The van der Waals surface area contributed by atoms with E-state index in [0.29, 0.717) is 38.9 Å². The predicted molar refractivity (Wildman–Crippen MR) is 212 cm³/mol. The molecule has 0 spiro atoms. The Morgan fingerprint density at radius 3 is 1.50 bits per heavy atom. The molecule has 0 aromatic heterocycles. The molecule has 4 aromatic carbocycles. The van der Waals surface area contributed by atoms with Gasteiger partial charge in [0.25, 0.3) is 0 Å². The topological polar surface area (TPSA) is 233 Å². The van der Waals surface area contributed by atoms with Gasteiger partial charge in [0.2, 0.25) is 17.7 Å². The Labute approximate surface area is 317 Å². The molecule has 13 heteroatoms. The van der Waals surface area contributed by atoms with Crippen molar-refractivity contribution < 1.29 is 19.2 Å². The van der Waals surface area contributed by atoms with Crippen molar-refractivity contribution >= 4 is 23.8 Å². The zero-order valence-corrected chi connectivity index (χ0v) is 30.5. The second kappa shape index (κ2) is 21.8. The summed E-state index contributed by atoms with van der Waals surface area (Å²) >= 11 is 0. The first kappa shape index (κ1) is 41.2. The molecule has 0 aliphatic rings. The fourth-order valence-corrected chi connectivity index (χ4v) is 5.91. The van der Waals surface area contributed by atoms with Crippen LogP contribution < -0.4 is 49.5 Å². The highest BCUT2D eigenvalue weighted by molar-refractivity contribution is 5.93. The molecule has 13 nitrogen and oxygen atoms in total. The minimum atomic E-state index is -0.990. The third kappa shape index (κ3) is 14.1. The number of primary amides is 1. The molecular weight excluding hydrogens is 683 g/mol. The van der Waals surface area contributed by atoms with Gasteiger partial charge in [0, 0.05) is 19.5 Å². The third-order valence-corrected chi connectivity index (χ3v) is 8.87. The van der Waals surface area contributed by atoms with Crippen LogP contribution in [-0.4, -0.2) is 67.8 Å². The molecule has 4 rings (SSSR count). The second-order valence-corrected chi connectivity index (χ2v) is 13.2. The van der Waals surface area contributed by atoms with Gasteiger partial charge in [0.15, 0.2) is 0 Å². The molecule has 0 fully saturated rings. The van der Waals surface area contributed by atoms with E-state index in [4.69, 9.17) is 22.9 Å². The maximum atomic E-state index is 13.9. The molecule has 5 amide bonds. The van der Waals surface area contributed by atoms with Crippen LogP contribution in [0.25, 0.3) is 22.3 Å². The lowest BCUT2D eigenvalue weighted by Gasteiger charge is -2.25. The Hall–Kier alpha value is -5.60. The molecule has 0 aliphatic heterocycles. The summed E-state index contributed by atoms with van der Waals surface area (Å²) in [6.07, 6.45) is 1.62. The van der Waals surface area contributed by atoms with Crippen molar-refractivity contribution in [2.45, 2.75) is 62.9 Å². The second-order valence-electron chi connectivity index (χ2n) is 13.2. The standard InChI is InChI=1S/C41H53N9O4/c42-34(26-28-15-19-32(20-16-28)30-10-3-1-4-11-30)37(51)49-35(14-9-25-47-40(43)44)39(53)50-36(38(52)46-23-7-8-24-48-41(45)54)27-29-17-21-33(22-18-29)31-12-5-2-6-13-31/h1-6,10-13,15-22,34-36,40,47H,7-9,14,23-27,42-44H2,(H,46,52)(H,49,51)(H,50,53)(H3,45,48,54)/t34-,35-,36-/m0/s1.